The normalized spacial score (nSPS) is 15.7. The van der Waals surface area contributed by atoms with Crippen molar-refractivity contribution in [3.8, 4) is 0 Å². The Morgan fingerprint density at radius 3 is 2.70 bits per heavy atom. The molecule has 0 unspecified atom stereocenters. The summed E-state index contributed by atoms with van der Waals surface area (Å²) < 4.78 is 6.49. The number of ether oxygens (including phenoxy) is 1. The van der Waals surface area contributed by atoms with E-state index in [1.54, 1.807) is 0 Å². The van der Waals surface area contributed by atoms with E-state index in [1.165, 1.54) is 18.4 Å². The molecule has 1 aromatic rings. The fraction of sp³-hybridized carbons (Fsp3) is 0.588. The quantitative estimate of drug-likeness (QED) is 0.250. The molecule has 4 nitrogen and oxygen atoms in total. The summed E-state index contributed by atoms with van der Waals surface area (Å²) in [4.78, 5) is 4.77. The van der Waals surface area contributed by atoms with Gasteiger partial charge < -0.3 is 15.4 Å². The van der Waals surface area contributed by atoms with E-state index in [1.807, 2.05) is 6.92 Å². The predicted molar refractivity (Wildman–Crippen MR) is 111 cm³/mol. The van der Waals surface area contributed by atoms with Crippen LogP contribution < -0.4 is 10.6 Å². The first-order chi connectivity index (χ1) is 10.7. The maximum atomic E-state index is 5.35. The molecule has 0 bridgehead atoms. The van der Waals surface area contributed by atoms with Crippen LogP contribution in [-0.4, -0.2) is 38.8 Å². The summed E-state index contributed by atoms with van der Waals surface area (Å²) in [5.74, 6) is 0.878. The largest absolute Gasteiger partial charge is 0.380 e. The van der Waals surface area contributed by atoms with E-state index in [0.717, 1.165) is 36.7 Å². The Labute approximate surface area is 165 Å². The molecule has 0 aromatic heterocycles. The molecule has 1 aliphatic carbocycles. The van der Waals surface area contributed by atoms with E-state index in [0.29, 0.717) is 6.61 Å². The summed E-state index contributed by atoms with van der Waals surface area (Å²) in [5.41, 5.74) is 1.61. The Kier molecular flexibility index (Phi) is 9.46. The fourth-order valence-electron chi connectivity index (χ4n) is 2.47. The van der Waals surface area contributed by atoms with Gasteiger partial charge in [-0.25, -0.2) is 0 Å². The van der Waals surface area contributed by atoms with Crippen molar-refractivity contribution < 1.29 is 4.74 Å². The molecule has 0 saturated heterocycles. The van der Waals surface area contributed by atoms with E-state index in [-0.39, 0.29) is 29.4 Å². The highest BCUT2D eigenvalue weighted by Gasteiger charge is 2.44. The highest BCUT2D eigenvalue weighted by Crippen LogP contribution is 2.48. The monoisotopic (exact) mass is 495 g/mol. The van der Waals surface area contributed by atoms with E-state index < -0.39 is 0 Å². The van der Waals surface area contributed by atoms with Crippen molar-refractivity contribution in [1.82, 2.24) is 10.6 Å². The van der Waals surface area contributed by atoms with Gasteiger partial charge >= 0.3 is 0 Å². The van der Waals surface area contributed by atoms with Crippen LogP contribution in [0.25, 0.3) is 0 Å². The summed E-state index contributed by atoms with van der Waals surface area (Å²) in [6, 6.07) is 8.61. The van der Waals surface area contributed by atoms with Crippen LogP contribution in [0.15, 0.2) is 33.7 Å². The van der Waals surface area contributed by atoms with Gasteiger partial charge in [0.15, 0.2) is 5.96 Å². The number of guanidine groups is 1. The van der Waals surface area contributed by atoms with Gasteiger partial charge in [0.05, 0.1) is 13.2 Å². The van der Waals surface area contributed by atoms with E-state index in [4.69, 9.17) is 9.73 Å². The minimum Gasteiger partial charge on any atom is -0.380 e. The molecule has 0 amide bonds. The molecule has 2 N–H and O–H groups in total. The topological polar surface area (TPSA) is 45.7 Å². The Morgan fingerprint density at radius 2 is 2.09 bits per heavy atom. The van der Waals surface area contributed by atoms with Crippen LogP contribution in [0.4, 0.5) is 0 Å². The minimum absolute atomic E-state index is 0. The molecule has 1 aliphatic rings. The van der Waals surface area contributed by atoms with Crippen molar-refractivity contribution in [2.24, 2.45) is 4.99 Å². The average molecular weight is 496 g/mol. The maximum absolute atomic E-state index is 5.35. The van der Waals surface area contributed by atoms with Gasteiger partial charge in [0, 0.05) is 29.6 Å². The summed E-state index contributed by atoms with van der Waals surface area (Å²) in [6.45, 7) is 8.02. The van der Waals surface area contributed by atoms with Crippen molar-refractivity contribution in [2.75, 3.05) is 32.8 Å². The summed E-state index contributed by atoms with van der Waals surface area (Å²) in [5, 5.41) is 6.62. The molecule has 0 aliphatic heterocycles. The van der Waals surface area contributed by atoms with Gasteiger partial charge in [-0.3, -0.25) is 4.99 Å². The van der Waals surface area contributed by atoms with Gasteiger partial charge in [-0.2, -0.15) is 0 Å². The first kappa shape index (κ1) is 20.7. The van der Waals surface area contributed by atoms with Gasteiger partial charge in [0.2, 0.25) is 0 Å². The number of nitrogens with zero attached hydrogens (tertiary/aromatic N) is 1. The van der Waals surface area contributed by atoms with Crippen LogP contribution in [-0.2, 0) is 10.2 Å². The van der Waals surface area contributed by atoms with Crippen LogP contribution in [0.2, 0.25) is 0 Å². The third kappa shape index (κ3) is 6.58. The number of nitrogens with one attached hydrogen (secondary N) is 2. The lowest BCUT2D eigenvalue weighted by Gasteiger charge is -2.16. The number of halogens is 2. The second-order valence-corrected chi connectivity index (χ2v) is 6.53. The van der Waals surface area contributed by atoms with Crippen LogP contribution >= 0.6 is 39.9 Å². The second-order valence-electron chi connectivity index (χ2n) is 5.61. The van der Waals surface area contributed by atoms with Crippen molar-refractivity contribution in [2.45, 2.75) is 32.1 Å². The van der Waals surface area contributed by atoms with Gasteiger partial charge in [-0.1, -0.05) is 28.1 Å². The maximum Gasteiger partial charge on any atom is 0.191 e. The zero-order chi connectivity index (χ0) is 15.8. The second kappa shape index (κ2) is 10.5. The number of rotatable bonds is 8. The molecule has 1 aromatic carbocycles. The van der Waals surface area contributed by atoms with Crippen LogP contribution in [0.3, 0.4) is 0 Å². The fourth-order valence-corrected chi connectivity index (χ4v) is 2.86. The number of aliphatic imine (C=N–C) groups is 1. The SMILES string of the molecule is CCNC(=NCC1(c2cccc(Br)c2)CC1)NCCOCC.I. The molecular weight excluding hydrogens is 469 g/mol. The lowest BCUT2D eigenvalue weighted by molar-refractivity contribution is 0.152. The molecule has 0 spiro atoms. The zero-order valence-electron chi connectivity index (χ0n) is 13.9. The molecule has 6 heteroatoms. The first-order valence-electron chi connectivity index (χ1n) is 8.06. The Hall–Kier alpha value is -0.340. The molecular formula is C17H27BrIN3O. The molecule has 1 saturated carbocycles. The van der Waals surface area contributed by atoms with Gasteiger partial charge in [-0.05, 0) is 44.4 Å². The molecule has 0 radical (unpaired) electrons. The summed E-state index contributed by atoms with van der Waals surface area (Å²) in [7, 11) is 0. The van der Waals surface area contributed by atoms with Crippen molar-refractivity contribution in [3.63, 3.8) is 0 Å². The third-order valence-corrected chi connectivity index (χ3v) is 4.41. The molecule has 23 heavy (non-hydrogen) atoms. The van der Waals surface area contributed by atoms with E-state index >= 15 is 0 Å². The average Bonchev–Trinajstić information content (AvgIpc) is 3.30. The Bertz CT molecular complexity index is 506. The highest BCUT2D eigenvalue weighted by molar-refractivity contribution is 14.0. The van der Waals surface area contributed by atoms with Crippen LogP contribution in [0.1, 0.15) is 32.3 Å². The number of benzene rings is 1. The summed E-state index contributed by atoms with van der Waals surface area (Å²) in [6.07, 6.45) is 2.43. The van der Waals surface area contributed by atoms with Crippen molar-refractivity contribution in [3.05, 3.63) is 34.3 Å². The van der Waals surface area contributed by atoms with Crippen LogP contribution in [0.5, 0.6) is 0 Å². The molecule has 1 fully saturated rings. The molecule has 130 valence electrons. The van der Waals surface area contributed by atoms with Crippen molar-refractivity contribution >= 4 is 45.9 Å². The first-order valence-corrected chi connectivity index (χ1v) is 8.85. The smallest absolute Gasteiger partial charge is 0.191 e. The molecule has 2 rings (SSSR count). The third-order valence-electron chi connectivity index (χ3n) is 3.92. The van der Waals surface area contributed by atoms with Gasteiger partial charge in [0.25, 0.3) is 0 Å². The summed E-state index contributed by atoms with van der Waals surface area (Å²) >= 11 is 3.56. The number of hydrogen-bond donors (Lipinski definition) is 2. The standard InChI is InChI=1S/C17H26BrN3O.HI/c1-3-19-16(20-10-11-22-4-2)21-13-17(8-9-17)14-6-5-7-15(18)12-14;/h5-7,12H,3-4,8-11,13H2,1-2H3,(H2,19,20,21);1H. The zero-order valence-corrected chi connectivity index (χ0v) is 17.8. The van der Waals surface area contributed by atoms with Crippen LogP contribution in [0, 0.1) is 0 Å². The van der Waals surface area contributed by atoms with E-state index in [2.05, 4.69) is 57.8 Å². The molecule has 0 atom stereocenters. The molecule has 0 heterocycles. The predicted octanol–water partition coefficient (Wildman–Crippen LogP) is 3.69. The minimum atomic E-state index is 0. The Balaban J connectivity index is 0.00000264. The van der Waals surface area contributed by atoms with Crippen molar-refractivity contribution in [1.29, 1.82) is 0 Å². The highest BCUT2D eigenvalue weighted by atomic mass is 127. The van der Waals surface area contributed by atoms with Gasteiger partial charge in [-0.15, -0.1) is 24.0 Å². The number of hydrogen-bond acceptors (Lipinski definition) is 2. The van der Waals surface area contributed by atoms with E-state index in [9.17, 15) is 0 Å². The van der Waals surface area contributed by atoms with Gasteiger partial charge in [0.1, 0.15) is 0 Å². The Morgan fingerprint density at radius 1 is 1.30 bits per heavy atom. The lowest BCUT2D eigenvalue weighted by Crippen LogP contribution is -2.39. The lowest BCUT2D eigenvalue weighted by atomic mass is 9.96.